The van der Waals surface area contributed by atoms with Crippen molar-refractivity contribution in [3.05, 3.63) is 29.3 Å². The van der Waals surface area contributed by atoms with Crippen molar-refractivity contribution in [3.63, 3.8) is 0 Å². The lowest BCUT2D eigenvalue weighted by molar-refractivity contribution is -0.00849. The Hall–Kier alpha value is -1.02. The Morgan fingerprint density at radius 1 is 1.24 bits per heavy atom. The minimum absolute atomic E-state index is 0.103. The van der Waals surface area contributed by atoms with Gasteiger partial charge in [-0.25, -0.2) is 0 Å². The number of nitrogens with zero attached hydrogens (tertiary/aromatic N) is 1. The Morgan fingerprint density at radius 3 is 2.67 bits per heavy atom. The molecule has 114 valence electrons. The predicted octanol–water partition coefficient (Wildman–Crippen LogP) is 3.95. The lowest BCUT2D eigenvalue weighted by Crippen LogP contribution is -2.52. The van der Waals surface area contributed by atoms with E-state index in [-0.39, 0.29) is 5.60 Å². The molecule has 0 bridgehead atoms. The highest BCUT2D eigenvalue weighted by atomic mass is 16.5. The fraction of sp³-hybridized carbons (Fsp3) is 0.684. The molecule has 1 saturated heterocycles. The zero-order valence-electron chi connectivity index (χ0n) is 13.4. The van der Waals surface area contributed by atoms with Gasteiger partial charge < -0.3 is 9.64 Å². The molecule has 1 aliphatic carbocycles. The quantitative estimate of drug-likeness (QED) is 0.815. The third-order valence-corrected chi connectivity index (χ3v) is 6.17. The summed E-state index contributed by atoms with van der Waals surface area (Å²) in [5.41, 5.74) is 2.88. The van der Waals surface area contributed by atoms with Gasteiger partial charge in [-0.3, -0.25) is 0 Å². The van der Waals surface area contributed by atoms with Gasteiger partial charge in [0.1, 0.15) is 11.4 Å². The van der Waals surface area contributed by atoms with Crippen LogP contribution in [0.25, 0.3) is 0 Å². The van der Waals surface area contributed by atoms with E-state index in [2.05, 4.69) is 36.9 Å². The molecule has 0 aromatic heterocycles. The summed E-state index contributed by atoms with van der Waals surface area (Å²) < 4.78 is 6.39. The Bertz CT molecular complexity index is 526. The second-order valence-electron chi connectivity index (χ2n) is 7.54. The fourth-order valence-corrected chi connectivity index (χ4v) is 4.40. The summed E-state index contributed by atoms with van der Waals surface area (Å²) in [4.78, 5) is 2.71. The van der Waals surface area contributed by atoms with Crippen LogP contribution in [0.1, 0.15) is 50.2 Å². The summed E-state index contributed by atoms with van der Waals surface area (Å²) in [5.74, 6) is 2.10. The first kappa shape index (κ1) is 13.6. The Morgan fingerprint density at radius 2 is 2.00 bits per heavy atom. The van der Waals surface area contributed by atoms with Crippen molar-refractivity contribution in [1.29, 1.82) is 0 Å². The molecule has 0 amide bonds. The van der Waals surface area contributed by atoms with E-state index in [9.17, 15) is 0 Å². The van der Waals surface area contributed by atoms with E-state index in [0.717, 1.165) is 24.1 Å². The molecule has 2 heterocycles. The average molecular weight is 285 g/mol. The van der Waals surface area contributed by atoms with Crippen LogP contribution in [0.15, 0.2) is 18.2 Å². The van der Waals surface area contributed by atoms with Gasteiger partial charge in [0.25, 0.3) is 0 Å². The molecular formula is C19H27NO. The van der Waals surface area contributed by atoms with Crippen molar-refractivity contribution < 1.29 is 4.74 Å². The van der Waals surface area contributed by atoms with E-state index in [1.54, 1.807) is 0 Å². The van der Waals surface area contributed by atoms with Gasteiger partial charge in [0, 0.05) is 38.4 Å². The number of piperidine rings is 1. The summed E-state index contributed by atoms with van der Waals surface area (Å²) in [5, 5.41) is 0. The van der Waals surface area contributed by atoms with E-state index in [0.29, 0.717) is 0 Å². The highest BCUT2D eigenvalue weighted by Crippen LogP contribution is 2.42. The maximum Gasteiger partial charge on any atom is 0.123 e. The number of fused-ring (bicyclic) bond motifs is 1. The van der Waals surface area contributed by atoms with Gasteiger partial charge in [-0.05, 0) is 44.2 Å². The van der Waals surface area contributed by atoms with Crippen LogP contribution >= 0.6 is 0 Å². The van der Waals surface area contributed by atoms with Crippen LogP contribution in [0.3, 0.4) is 0 Å². The normalized spacial score (nSPS) is 26.2. The van der Waals surface area contributed by atoms with Crippen molar-refractivity contribution >= 4 is 0 Å². The van der Waals surface area contributed by atoms with Crippen molar-refractivity contribution in [2.45, 2.75) is 64.0 Å². The number of rotatable bonds is 2. The lowest BCUT2D eigenvalue weighted by Gasteiger charge is -2.45. The first-order chi connectivity index (χ1) is 10.2. The molecular weight excluding hydrogens is 258 g/mol. The van der Waals surface area contributed by atoms with Crippen LogP contribution in [-0.4, -0.2) is 29.6 Å². The first-order valence-corrected chi connectivity index (χ1v) is 8.68. The van der Waals surface area contributed by atoms with Crippen LogP contribution in [0.2, 0.25) is 0 Å². The predicted molar refractivity (Wildman–Crippen MR) is 85.9 cm³/mol. The number of hydrogen-bond donors (Lipinski definition) is 0. The number of benzene rings is 1. The summed E-state index contributed by atoms with van der Waals surface area (Å²) >= 11 is 0. The highest BCUT2D eigenvalue weighted by Gasteiger charge is 2.43. The van der Waals surface area contributed by atoms with Crippen LogP contribution in [-0.2, 0) is 6.42 Å². The summed E-state index contributed by atoms with van der Waals surface area (Å²) in [7, 11) is 0. The molecule has 0 radical (unpaired) electrons. The molecule has 2 aliphatic heterocycles. The molecule has 2 fully saturated rings. The molecule has 1 spiro atoms. The van der Waals surface area contributed by atoms with Gasteiger partial charge >= 0.3 is 0 Å². The largest absolute Gasteiger partial charge is 0.487 e. The number of aryl methyl sites for hydroxylation is 1. The molecule has 2 heteroatoms. The van der Waals surface area contributed by atoms with Crippen LogP contribution < -0.4 is 4.74 Å². The van der Waals surface area contributed by atoms with Crippen molar-refractivity contribution in [1.82, 2.24) is 4.90 Å². The summed E-state index contributed by atoms with van der Waals surface area (Å²) in [6, 6.07) is 7.43. The monoisotopic (exact) mass is 285 g/mol. The van der Waals surface area contributed by atoms with E-state index < -0.39 is 0 Å². The van der Waals surface area contributed by atoms with Gasteiger partial charge in [-0.1, -0.05) is 24.1 Å². The molecule has 0 N–H and O–H groups in total. The number of likely N-dealkylation sites (tertiary alicyclic amines) is 1. The minimum atomic E-state index is 0.103. The molecule has 1 aromatic carbocycles. The third kappa shape index (κ3) is 2.38. The zero-order chi connectivity index (χ0) is 14.4. The van der Waals surface area contributed by atoms with E-state index >= 15 is 0 Å². The van der Waals surface area contributed by atoms with Crippen molar-refractivity contribution in [3.8, 4) is 5.75 Å². The van der Waals surface area contributed by atoms with Gasteiger partial charge in [0.2, 0.25) is 0 Å². The van der Waals surface area contributed by atoms with Crippen LogP contribution in [0.5, 0.6) is 5.75 Å². The van der Waals surface area contributed by atoms with Crippen LogP contribution in [0.4, 0.5) is 0 Å². The fourth-order valence-electron chi connectivity index (χ4n) is 4.40. The zero-order valence-corrected chi connectivity index (χ0v) is 13.4. The molecule has 2 nitrogen and oxygen atoms in total. The van der Waals surface area contributed by atoms with Gasteiger partial charge in [-0.2, -0.15) is 0 Å². The molecule has 21 heavy (non-hydrogen) atoms. The maximum absolute atomic E-state index is 6.39. The summed E-state index contributed by atoms with van der Waals surface area (Å²) in [6.45, 7) is 7.04. The van der Waals surface area contributed by atoms with Crippen molar-refractivity contribution in [2.24, 2.45) is 5.92 Å². The average Bonchev–Trinajstić information content (AvgIpc) is 2.74. The van der Waals surface area contributed by atoms with Gasteiger partial charge in [0.15, 0.2) is 0 Å². The summed E-state index contributed by atoms with van der Waals surface area (Å²) in [6.07, 6.45) is 7.85. The molecule has 1 unspecified atom stereocenters. The third-order valence-electron chi connectivity index (χ3n) is 6.17. The van der Waals surface area contributed by atoms with E-state index in [4.69, 9.17) is 4.74 Å². The second-order valence-corrected chi connectivity index (χ2v) is 7.54. The van der Waals surface area contributed by atoms with E-state index in [1.807, 2.05) is 0 Å². The molecule has 1 atom stereocenters. The molecule has 3 aliphatic rings. The van der Waals surface area contributed by atoms with Gasteiger partial charge in [0.05, 0.1) is 0 Å². The lowest BCUT2D eigenvalue weighted by atomic mass is 9.78. The van der Waals surface area contributed by atoms with Gasteiger partial charge in [-0.15, -0.1) is 0 Å². The first-order valence-electron chi connectivity index (χ1n) is 8.68. The maximum atomic E-state index is 6.39. The highest BCUT2D eigenvalue weighted by molar-refractivity contribution is 5.42. The standard InChI is InChI=1S/C19H27NO/c1-14-6-7-18-17(12-14)13-19(21-18)8-10-20(11-9-19)15(2)16-4-3-5-16/h6-7,12,15-16H,3-5,8-11,13H2,1-2H3. The molecule has 1 aromatic rings. The number of hydrogen-bond acceptors (Lipinski definition) is 2. The topological polar surface area (TPSA) is 12.5 Å². The number of ether oxygens (including phenoxy) is 1. The van der Waals surface area contributed by atoms with E-state index in [1.165, 1.54) is 56.3 Å². The smallest absolute Gasteiger partial charge is 0.123 e. The van der Waals surface area contributed by atoms with Crippen molar-refractivity contribution in [2.75, 3.05) is 13.1 Å². The molecule has 1 saturated carbocycles. The Labute approximate surface area is 128 Å². The minimum Gasteiger partial charge on any atom is -0.487 e. The SMILES string of the molecule is Cc1ccc2c(c1)CC1(CCN(C(C)C3CCC3)CC1)O2. The Kier molecular flexibility index (Phi) is 3.25. The molecule has 4 rings (SSSR count). The Balaban J connectivity index is 1.41. The van der Waals surface area contributed by atoms with Crippen LogP contribution in [0, 0.1) is 12.8 Å². The second kappa shape index (κ2) is 5.01.